The van der Waals surface area contributed by atoms with Crippen molar-refractivity contribution in [3.63, 3.8) is 0 Å². The zero-order valence-electron chi connectivity index (χ0n) is 21.4. The number of amides is 2. The Balaban J connectivity index is 1.31. The summed E-state index contributed by atoms with van der Waals surface area (Å²) in [6.45, 7) is 0. The molecule has 0 aliphatic rings. The highest BCUT2D eigenvalue weighted by molar-refractivity contribution is 7.99. The summed E-state index contributed by atoms with van der Waals surface area (Å²) in [5.41, 5.74) is 4.79. The van der Waals surface area contributed by atoms with E-state index in [4.69, 9.17) is 0 Å². The lowest BCUT2D eigenvalue weighted by Crippen LogP contribution is -2.13. The van der Waals surface area contributed by atoms with Gasteiger partial charge < -0.3 is 20.4 Å². The Morgan fingerprint density at radius 3 is 1.14 bits per heavy atom. The number of rotatable bonds is 8. The molecule has 0 bridgehead atoms. The number of benzene rings is 4. The molecular weight excluding hydrogens is 480 g/mol. The average Bonchev–Trinajstić information content (AvgIpc) is 2.91. The number of carbonyl (C=O) groups excluding carboxylic acids is 2. The molecule has 2 N–H and O–H groups in total. The van der Waals surface area contributed by atoms with Crippen molar-refractivity contribution in [1.82, 2.24) is 0 Å². The molecule has 4 aromatic carbocycles. The van der Waals surface area contributed by atoms with Crippen LogP contribution in [-0.4, -0.2) is 40.0 Å². The van der Waals surface area contributed by atoms with Crippen LogP contribution in [-0.2, 0) is 0 Å². The van der Waals surface area contributed by atoms with E-state index >= 15 is 0 Å². The lowest BCUT2D eigenvalue weighted by atomic mass is 10.2. The number of anilines is 4. The number of nitrogens with one attached hydrogen (secondary N) is 2. The Bertz CT molecular complexity index is 1240. The molecule has 0 atom stereocenters. The van der Waals surface area contributed by atoms with Gasteiger partial charge in [0.25, 0.3) is 11.8 Å². The molecule has 2 amide bonds. The second-order valence-electron chi connectivity index (χ2n) is 8.94. The first-order chi connectivity index (χ1) is 17.8. The Morgan fingerprint density at radius 1 is 0.514 bits per heavy atom. The second kappa shape index (κ2) is 11.7. The Labute approximate surface area is 222 Å². The van der Waals surface area contributed by atoms with Gasteiger partial charge in [0.1, 0.15) is 0 Å². The second-order valence-corrected chi connectivity index (χ2v) is 10.1. The van der Waals surface area contributed by atoms with Crippen molar-refractivity contribution >= 4 is 46.3 Å². The van der Waals surface area contributed by atoms with Crippen molar-refractivity contribution in [2.24, 2.45) is 0 Å². The zero-order valence-corrected chi connectivity index (χ0v) is 22.2. The molecule has 0 aliphatic carbocycles. The molecule has 188 valence electrons. The molecule has 0 aliphatic heterocycles. The first-order valence-electron chi connectivity index (χ1n) is 11.8. The topological polar surface area (TPSA) is 64.7 Å². The number of carbonyl (C=O) groups is 2. The summed E-state index contributed by atoms with van der Waals surface area (Å²) in [5.74, 6) is -0.283. The van der Waals surface area contributed by atoms with Crippen LogP contribution in [0.25, 0.3) is 0 Å². The molecule has 0 aromatic heterocycles. The molecule has 37 heavy (non-hydrogen) atoms. The molecule has 0 unspecified atom stereocenters. The van der Waals surface area contributed by atoms with Gasteiger partial charge in [-0.25, -0.2) is 0 Å². The van der Waals surface area contributed by atoms with Crippen LogP contribution in [0.1, 0.15) is 20.7 Å². The minimum absolute atomic E-state index is 0.142. The van der Waals surface area contributed by atoms with E-state index in [-0.39, 0.29) is 11.8 Å². The maximum Gasteiger partial charge on any atom is 0.255 e. The normalized spacial score (nSPS) is 10.5. The molecule has 0 saturated carbocycles. The van der Waals surface area contributed by atoms with Crippen LogP contribution in [0.3, 0.4) is 0 Å². The summed E-state index contributed by atoms with van der Waals surface area (Å²) >= 11 is 1.61. The molecule has 7 heteroatoms. The van der Waals surface area contributed by atoms with Crippen molar-refractivity contribution in [1.29, 1.82) is 0 Å². The van der Waals surface area contributed by atoms with Gasteiger partial charge in [-0.05, 0) is 97.1 Å². The third kappa shape index (κ3) is 6.92. The summed E-state index contributed by atoms with van der Waals surface area (Å²) in [4.78, 5) is 31.2. The van der Waals surface area contributed by atoms with Gasteiger partial charge in [-0.1, -0.05) is 11.8 Å². The van der Waals surface area contributed by atoms with Crippen molar-refractivity contribution in [3.05, 3.63) is 108 Å². The van der Waals surface area contributed by atoms with Crippen LogP contribution in [0.15, 0.2) is 107 Å². The van der Waals surface area contributed by atoms with Gasteiger partial charge in [0.15, 0.2) is 0 Å². The summed E-state index contributed by atoms with van der Waals surface area (Å²) < 4.78 is 0. The lowest BCUT2D eigenvalue weighted by molar-refractivity contribution is 0.101. The molecule has 0 heterocycles. The minimum atomic E-state index is -0.142. The number of hydrogen-bond donors (Lipinski definition) is 2. The van der Waals surface area contributed by atoms with Gasteiger partial charge >= 0.3 is 0 Å². The lowest BCUT2D eigenvalue weighted by Gasteiger charge is -2.13. The first kappa shape index (κ1) is 25.9. The monoisotopic (exact) mass is 510 g/mol. The van der Waals surface area contributed by atoms with E-state index in [1.54, 1.807) is 11.8 Å². The maximum atomic E-state index is 12.6. The smallest absolute Gasteiger partial charge is 0.255 e. The van der Waals surface area contributed by atoms with E-state index in [0.717, 1.165) is 32.5 Å². The standard InChI is InChI=1S/C30H30N4O2S/c1-33(2)25-13-5-21(6-14-25)29(35)31-23-9-17-27(18-10-23)37-28-19-11-24(12-20-28)32-30(36)22-7-15-26(16-8-22)34(3)4/h5-20H,1-4H3,(H,31,35)(H,32,36). The fraction of sp³-hybridized carbons (Fsp3) is 0.133. The largest absolute Gasteiger partial charge is 0.378 e. The van der Waals surface area contributed by atoms with Gasteiger partial charge in [-0.15, -0.1) is 0 Å². The molecule has 4 aromatic rings. The molecule has 0 saturated heterocycles. The zero-order chi connectivity index (χ0) is 26.4. The van der Waals surface area contributed by atoms with Gasteiger partial charge in [0.2, 0.25) is 0 Å². The minimum Gasteiger partial charge on any atom is -0.378 e. The van der Waals surface area contributed by atoms with Crippen molar-refractivity contribution in [3.8, 4) is 0 Å². The SMILES string of the molecule is CN(C)c1ccc(C(=O)Nc2ccc(Sc3ccc(NC(=O)c4ccc(N(C)C)cc4)cc3)cc2)cc1. The predicted octanol–water partition coefficient (Wildman–Crippen LogP) is 6.47. The molecule has 0 radical (unpaired) electrons. The van der Waals surface area contributed by atoms with Crippen molar-refractivity contribution in [2.45, 2.75) is 9.79 Å². The van der Waals surface area contributed by atoms with Gasteiger partial charge in [0, 0.05) is 71.9 Å². The Morgan fingerprint density at radius 2 is 0.838 bits per heavy atom. The van der Waals surface area contributed by atoms with Crippen molar-refractivity contribution in [2.75, 3.05) is 48.6 Å². The maximum absolute atomic E-state index is 12.6. The van der Waals surface area contributed by atoms with E-state index in [1.807, 2.05) is 135 Å². The highest BCUT2D eigenvalue weighted by Gasteiger charge is 2.09. The summed E-state index contributed by atoms with van der Waals surface area (Å²) in [6, 6.07) is 30.5. The van der Waals surface area contributed by atoms with Crippen LogP contribution in [0.2, 0.25) is 0 Å². The van der Waals surface area contributed by atoms with Crippen LogP contribution >= 0.6 is 11.8 Å². The fourth-order valence-electron chi connectivity index (χ4n) is 3.58. The van der Waals surface area contributed by atoms with E-state index in [0.29, 0.717) is 11.1 Å². The van der Waals surface area contributed by atoms with Crippen molar-refractivity contribution < 1.29 is 9.59 Å². The van der Waals surface area contributed by atoms with Crippen LogP contribution in [0.5, 0.6) is 0 Å². The highest BCUT2D eigenvalue weighted by atomic mass is 32.2. The Kier molecular flexibility index (Phi) is 8.15. The summed E-state index contributed by atoms with van der Waals surface area (Å²) in [7, 11) is 7.86. The summed E-state index contributed by atoms with van der Waals surface area (Å²) in [5, 5.41) is 5.88. The van der Waals surface area contributed by atoms with E-state index < -0.39 is 0 Å². The highest BCUT2D eigenvalue weighted by Crippen LogP contribution is 2.29. The quantitative estimate of drug-likeness (QED) is 0.284. The summed E-state index contributed by atoms with van der Waals surface area (Å²) in [6.07, 6.45) is 0. The number of nitrogens with zero attached hydrogens (tertiary/aromatic N) is 2. The van der Waals surface area contributed by atoms with Gasteiger partial charge in [-0.2, -0.15) is 0 Å². The fourth-order valence-corrected chi connectivity index (χ4v) is 4.39. The average molecular weight is 511 g/mol. The Hall–Kier alpha value is -4.23. The third-order valence-corrected chi connectivity index (χ3v) is 6.77. The molecule has 6 nitrogen and oxygen atoms in total. The molecule has 4 rings (SSSR count). The van der Waals surface area contributed by atoms with Gasteiger partial charge in [-0.3, -0.25) is 9.59 Å². The van der Waals surface area contributed by atoms with Gasteiger partial charge in [0.05, 0.1) is 0 Å². The van der Waals surface area contributed by atoms with Crippen LogP contribution < -0.4 is 20.4 Å². The molecular formula is C30H30N4O2S. The van der Waals surface area contributed by atoms with E-state index in [2.05, 4.69) is 10.6 Å². The first-order valence-corrected chi connectivity index (χ1v) is 12.7. The van der Waals surface area contributed by atoms with E-state index in [1.165, 1.54) is 0 Å². The molecule has 0 spiro atoms. The molecule has 0 fully saturated rings. The van der Waals surface area contributed by atoms with E-state index in [9.17, 15) is 9.59 Å². The van der Waals surface area contributed by atoms with Crippen LogP contribution in [0, 0.1) is 0 Å². The third-order valence-electron chi connectivity index (χ3n) is 5.75. The van der Waals surface area contributed by atoms with Crippen LogP contribution in [0.4, 0.5) is 22.7 Å². The predicted molar refractivity (Wildman–Crippen MR) is 154 cm³/mol. The number of hydrogen-bond acceptors (Lipinski definition) is 5.